The summed E-state index contributed by atoms with van der Waals surface area (Å²) in [5.41, 5.74) is 0. The average Bonchev–Trinajstić information content (AvgIpc) is 3.34. The van der Waals surface area contributed by atoms with Crippen molar-refractivity contribution in [1.82, 2.24) is 0 Å². The summed E-state index contributed by atoms with van der Waals surface area (Å²) in [6.45, 7) is 4.43. The van der Waals surface area contributed by atoms with E-state index in [1.54, 1.807) is 0 Å². The Morgan fingerprint density at radius 1 is 0.423 bits per heavy atom. The van der Waals surface area contributed by atoms with Crippen molar-refractivity contribution in [2.45, 2.75) is 193 Å². The number of rotatable bonds is 48. The molecule has 400 valence electrons. The van der Waals surface area contributed by atoms with Crippen LogP contribution in [0.5, 0.6) is 0 Å². The zero-order valence-corrected chi connectivity index (χ0v) is 45.3. The minimum Gasteiger partial charge on any atom is -0.545 e. The molecule has 0 aliphatic rings. The molecular formula is C62H99NO8. The number of carbonyl (C=O) groups is 3. The number of allylic oxidation sites excluding steroid dienone is 22. The topological polar surface area (TPSA) is 111 Å². The van der Waals surface area contributed by atoms with Gasteiger partial charge in [-0.2, -0.15) is 0 Å². The summed E-state index contributed by atoms with van der Waals surface area (Å²) in [5, 5.41) is 11.7. The number of nitrogens with zero attached hydrogens (tertiary/aromatic N) is 1. The lowest BCUT2D eigenvalue weighted by Crippen LogP contribution is -2.44. The minimum atomic E-state index is -1.64. The fraction of sp³-hybridized carbons (Fsp3) is 0.597. The highest BCUT2D eigenvalue weighted by Gasteiger charge is 2.21. The zero-order chi connectivity index (χ0) is 52.0. The van der Waals surface area contributed by atoms with Crippen molar-refractivity contribution in [2.24, 2.45) is 0 Å². The maximum atomic E-state index is 12.8. The standard InChI is InChI=1S/C62H99NO8/c1-6-8-10-12-14-16-18-20-22-23-24-25-26-27-28-29-30-31-32-33-34-35-36-37-39-41-43-45-47-49-51-53-60(65)71-58(57-70-62(61(66)67)68-55-54-63(3,4)5)56-69-59(64)52-50-48-46-44-42-40-38-21-19-17-15-13-11-9-7-2/h8-11,14-17,20-22,24-25,27-28,30-31,33-34,38,42,44,58,62H,6-7,12-13,18-19,23,26,29,32,35-37,39-41,43,45-57H2,1-5H3/b10-8-,11-9-,16-14-,17-15-,22-20-,25-24-,28-27-,31-30-,34-33-,38-21-,44-42-. The second-order valence-electron chi connectivity index (χ2n) is 18.8. The quantitative estimate of drug-likeness (QED) is 0.0195. The Balaban J connectivity index is 4.32. The van der Waals surface area contributed by atoms with Gasteiger partial charge in [-0.15, -0.1) is 0 Å². The molecule has 0 radical (unpaired) electrons. The molecule has 0 rings (SSSR count). The van der Waals surface area contributed by atoms with Crippen LogP contribution in [0.4, 0.5) is 0 Å². The first-order valence-electron chi connectivity index (χ1n) is 27.3. The third-order valence-corrected chi connectivity index (χ3v) is 10.9. The van der Waals surface area contributed by atoms with Crippen molar-refractivity contribution >= 4 is 17.9 Å². The lowest BCUT2D eigenvalue weighted by molar-refractivity contribution is -0.870. The van der Waals surface area contributed by atoms with Crippen LogP contribution in [0.25, 0.3) is 0 Å². The number of esters is 2. The van der Waals surface area contributed by atoms with Gasteiger partial charge in [0.05, 0.1) is 40.3 Å². The molecule has 2 atom stereocenters. The van der Waals surface area contributed by atoms with Gasteiger partial charge >= 0.3 is 11.9 Å². The van der Waals surface area contributed by atoms with Gasteiger partial charge in [0.2, 0.25) is 0 Å². The van der Waals surface area contributed by atoms with Gasteiger partial charge in [0.25, 0.3) is 0 Å². The van der Waals surface area contributed by atoms with Crippen LogP contribution in [0.15, 0.2) is 134 Å². The van der Waals surface area contributed by atoms with E-state index in [9.17, 15) is 19.5 Å². The number of quaternary nitrogens is 1. The van der Waals surface area contributed by atoms with Gasteiger partial charge in [-0.25, -0.2) is 0 Å². The van der Waals surface area contributed by atoms with E-state index in [2.05, 4.69) is 148 Å². The van der Waals surface area contributed by atoms with E-state index < -0.39 is 30.3 Å². The maximum absolute atomic E-state index is 12.8. The Labute approximate surface area is 433 Å². The largest absolute Gasteiger partial charge is 0.545 e. The molecule has 2 unspecified atom stereocenters. The number of unbranched alkanes of at least 4 members (excludes halogenated alkanes) is 11. The molecule has 0 aromatic rings. The number of carboxylic acids is 1. The molecule has 9 heteroatoms. The number of carbonyl (C=O) groups excluding carboxylic acids is 3. The van der Waals surface area contributed by atoms with Crippen LogP contribution in [0.3, 0.4) is 0 Å². The normalized spacial score (nSPS) is 13.9. The van der Waals surface area contributed by atoms with E-state index in [0.29, 0.717) is 23.9 Å². The molecule has 0 heterocycles. The lowest BCUT2D eigenvalue weighted by Gasteiger charge is -2.26. The van der Waals surface area contributed by atoms with E-state index in [0.717, 1.165) is 109 Å². The van der Waals surface area contributed by atoms with E-state index >= 15 is 0 Å². The summed E-state index contributed by atoms with van der Waals surface area (Å²) in [4.78, 5) is 37.2. The van der Waals surface area contributed by atoms with E-state index in [1.165, 1.54) is 32.1 Å². The number of hydrogen-bond acceptors (Lipinski definition) is 8. The highest BCUT2D eigenvalue weighted by molar-refractivity contribution is 5.70. The van der Waals surface area contributed by atoms with Crippen LogP contribution < -0.4 is 5.11 Å². The van der Waals surface area contributed by atoms with Crippen molar-refractivity contribution in [2.75, 3.05) is 47.5 Å². The predicted molar refractivity (Wildman–Crippen MR) is 296 cm³/mol. The van der Waals surface area contributed by atoms with Crippen molar-refractivity contribution in [3.63, 3.8) is 0 Å². The van der Waals surface area contributed by atoms with Crippen LogP contribution in [-0.2, 0) is 33.3 Å². The molecule has 0 saturated carbocycles. The van der Waals surface area contributed by atoms with Crippen molar-refractivity contribution in [3.8, 4) is 0 Å². The number of hydrogen-bond donors (Lipinski definition) is 0. The molecule has 0 aromatic heterocycles. The van der Waals surface area contributed by atoms with Crippen LogP contribution >= 0.6 is 0 Å². The molecule has 0 N–H and O–H groups in total. The first kappa shape index (κ1) is 66.4. The van der Waals surface area contributed by atoms with Gasteiger partial charge in [0, 0.05) is 12.8 Å². The highest BCUT2D eigenvalue weighted by atomic mass is 16.7. The average molecular weight is 986 g/mol. The monoisotopic (exact) mass is 986 g/mol. The van der Waals surface area contributed by atoms with Crippen molar-refractivity contribution < 1.29 is 42.9 Å². The van der Waals surface area contributed by atoms with Gasteiger partial charge in [-0.3, -0.25) is 9.59 Å². The second-order valence-corrected chi connectivity index (χ2v) is 18.8. The third kappa shape index (κ3) is 53.1. The Bertz CT molecular complexity index is 1620. The van der Waals surface area contributed by atoms with E-state index in [-0.39, 0.29) is 32.7 Å². The summed E-state index contributed by atoms with van der Waals surface area (Å²) >= 11 is 0. The molecular weight excluding hydrogens is 887 g/mol. The molecule has 9 nitrogen and oxygen atoms in total. The highest BCUT2D eigenvalue weighted by Crippen LogP contribution is 2.13. The van der Waals surface area contributed by atoms with Crippen LogP contribution in [0, 0.1) is 0 Å². The van der Waals surface area contributed by atoms with Gasteiger partial charge in [-0.05, 0) is 109 Å². The van der Waals surface area contributed by atoms with E-state index in [4.69, 9.17) is 18.9 Å². The maximum Gasteiger partial charge on any atom is 0.306 e. The SMILES string of the molecule is CC/C=C\C/C=C\C/C=C\C/C=C\C/C=C\C/C=C\C/C=C\CCCCCCCCCCCC(=O)OC(COC(=O)CCCC/C=C\C/C=C\C/C=C\C/C=C\CC)COC(OCC[N+](C)(C)C)C(=O)[O-]. The number of carboxylic acid groups (broad SMARTS) is 1. The summed E-state index contributed by atoms with van der Waals surface area (Å²) in [6.07, 6.45) is 70.7. The van der Waals surface area contributed by atoms with Crippen molar-refractivity contribution in [1.29, 1.82) is 0 Å². The number of ether oxygens (including phenoxy) is 4. The van der Waals surface area contributed by atoms with Gasteiger partial charge in [0.15, 0.2) is 12.4 Å². The summed E-state index contributed by atoms with van der Waals surface area (Å²) in [5.74, 6) is -2.37. The number of aliphatic carboxylic acids is 1. The number of likely N-dealkylation sites (N-methyl/N-ethyl adjacent to an activating group) is 1. The molecule has 0 aromatic carbocycles. The molecule has 0 aliphatic heterocycles. The van der Waals surface area contributed by atoms with Crippen LogP contribution in [0.1, 0.15) is 181 Å². The zero-order valence-electron chi connectivity index (χ0n) is 45.3. The Hall–Kier alpha value is -4.57. The first-order chi connectivity index (χ1) is 34.6. The molecule has 0 spiro atoms. The second kappa shape index (κ2) is 51.8. The molecule has 71 heavy (non-hydrogen) atoms. The molecule has 0 fully saturated rings. The molecule has 0 saturated heterocycles. The van der Waals surface area contributed by atoms with Gasteiger partial charge in [0.1, 0.15) is 13.2 Å². The fourth-order valence-electron chi connectivity index (χ4n) is 6.74. The Morgan fingerprint density at radius 3 is 1.15 bits per heavy atom. The predicted octanol–water partition coefficient (Wildman–Crippen LogP) is 14.6. The Kier molecular flexibility index (Phi) is 48.4. The van der Waals surface area contributed by atoms with E-state index in [1.807, 2.05) is 21.1 Å². The minimum absolute atomic E-state index is 0.132. The van der Waals surface area contributed by atoms with Gasteiger partial charge in [-0.1, -0.05) is 192 Å². The fourth-order valence-corrected chi connectivity index (χ4v) is 6.74. The summed E-state index contributed by atoms with van der Waals surface area (Å²) in [7, 11) is 5.89. The molecule has 0 amide bonds. The smallest absolute Gasteiger partial charge is 0.306 e. The Morgan fingerprint density at radius 2 is 0.761 bits per heavy atom. The third-order valence-electron chi connectivity index (χ3n) is 10.9. The summed E-state index contributed by atoms with van der Waals surface area (Å²) in [6, 6.07) is 0. The lowest BCUT2D eigenvalue weighted by atomic mass is 10.1. The van der Waals surface area contributed by atoms with Crippen LogP contribution in [-0.4, -0.2) is 82.3 Å². The van der Waals surface area contributed by atoms with Gasteiger partial charge < -0.3 is 33.3 Å². The summed E-state index contributed by atoms with van der Waals surface area (Å²) < 4.78 is 22.6. The molecule has 0 bridgehead atoms. The van der Waals surface area contributed by atoms with Crippen LogP contribution in [0.2, 0.25) is 0 Å². The molecule has 0 aliphatic carbocycles. The van der Waals surface area contributed by atoms with Crippen molar-refractivity contribution in [3.05, 3.63) is 134 Å². The first-order valence-corrected chi connectivity index (χ1v) is 27.3.